The first kappa shape index (κ1) is 73.9. The van der Waals surface area contributed by atoms with Crippen LogP contribution in [0.3, 0.4) is 0 Å². The highest BCUT2D eigenvalue weighted by atomic mass is 16.7. The first-order valence-electron chi connectivity index (χ1n) is 32.4. The molecule has 8 atom stereocenters. The lowest BCUT2D eigenvalue weighted by Crippen LogP contribution is -2.61. The van der Waals surface area contributed by atoms with Gasteiger partial charge in [-0.05, 0) is 103 Å². The van der Waals surface area contributed by atoms with Gasteiger partial charge in [-0.15, -0.1) is 0 Å². The topological polar surface area (TPSA) is 175 Å². The molecule has 1 amide bonds. The minimum atomic E-state index is -1.63. The number of allylic oxidation sites excluding steroid dienone is 13. The number of rotatable bonds is 54. The van der Waals surface area contributed by atoms with Crippen LogP contribution in [0.5, 0.6) is 0 Å². The molecule has 1 aliphatic heterocycles. The van der Waals surface area contributed by atoms with E-state index in [0.717, 1.165) is 116 Å². The van der Waals surface area contributed by atoms with Crippen molar-refractivity contribution in [3.63, 3.8) is 0 Å². The van der Waals surface area contributed by atoms with Crippen molar-refractivity contribution in [1.82, 2.24) is 5.32 Å². The van der Waals surface area contributed by atoms with Crippen molar-refractivity contribution in [2.45, 2.75) is 320 Å². The molecule has 1 heterocycles. The first-order chi connectivity index (χ1) is 38.7. The summed E-state index contributed by atoms with van der Waals surface area (Å²) >= 11 is 0. The molecule has 1 saturated heterocycles. The SMILES string of the molecule is CCCCC/C=C\C/C=C\C/C=C\C/C=C\CCCCCCCC(=O)OC1C(OCC(NC(=O)C(O)CCCCCCCC/C=C\C/C=C\CCCCC)C(O)/C=C/CCCCCCCCCCCCC)OC(CO)C(O)C1O. The Morgan fingerprint density at radius 1 is 0.494 bits per heavy atom. The van der Waals surface area contributed by atoms with E-state index in [1.807, 2.05) is 6.08 Å². The Balaban J connectivity index is 2.69. The van der Waals surface area contributed by atoms with E-state index >= 15 is 0 Å². The maximum atomic E-state index is 13.4. The van der Waals surface area contributed by atoms with Gasteiger partial charge in [0.15, 0.2) is 12.4 Å². The molecule has 0 bridgehead atoms. The van der Waals surface area contributed by atoms with E-state index in [1.54, 1.807) is 6.08 Å². The van der Waals surface area contributed by atoms with Crippen LogP contribution in [0.15, 0.2) is 85.1 Å². The maximum Gasteiger partial charge on any atom is 0.306 e. The van der Waals surface area contributed by atoms with Crippen molar-refractivity contribution in [3.8, 4) is 0 Å². The Hall–Kier alpha value is -3.16. The van der Waals surface area contributed by atoms with Gasteiger partial charge in [-0.1, -0.05) is 247 Å². The lowest BCUT2D eigenvalue weighted by Gasteiger charge is -2.41. The summed E-state index contributed by atoms with van der Waals surface area (Å²) in [6.45, 7) is 5.73. The number of hydrogen-bond donors (Lipinski definition) is 6. The van der Waals surface area contributed by atoms with Crippen LogP contribution in [-0.2, 0) is 23.8 Å². The monoisotopic (exact) mass is 1110 g/mol. The Kier molecular flexibility index (Phi) is 51.8. The van der Waals surface area contributed by atoms with Crippen LogP contribution in [0.4, 0.5) is 0 Å². The number of esters is 1. The van der Waals surface area contributed by atoms with Gasteiger partial charge in [-0.2, -0.15) is 0 Å². The second kappa shape index (κ2) is 55.4. The molecule has 1 rings (SSSR count). The number of carbonyl (C=O) groups is 2. The van der Waals surface area contributed by atoms with Gasteiger partial charge in [0, 0.05) is 6.42 Å². The van der Waals surface area contributed by atoms with Crippen LogP contribution in [-0.4, -0.2) is 99.6 Å². The summed E-state index contributed by atoms with van der Waals surface area (Å²) in [5.74, 6) is -1.22. The molecule has 0 radical (unpaired) electrons. The smallest absolute Gasteiger partial charge is 0.306 e. The number of aliphatic hydroxyl groups is 5. The van der Waals surface area contributed by atoms with Gasteiger partial charge >= 0.3 is 5.97 Å². The predicted molar refractivity (Wildman–Crippen MR) is 329 cm³/mol. The third-order valence-electron chi connectivity index (χ3n) is 14.8. The third kappa shape index (κ3) is 43.2. The van der Waals surface area contributed by atoms with E-state index in [0.29, 0.717) is 12.8 Å². The summed E-state index contributed by atoms with van der Waals surface area (Å²) in [4.78, 5) is 26.6. The summed E-state index contributed by atoms with van der Waals surface area (Å²) in [7, 11) is 0. The molecule has 8 unspecified atom stereocenters. The average Bonchev–Trinajstić information content (AvgIpc) is 3.49. The minimum Gasteiger partial charge on any atom is -0.454 e. The number of unbranched alkanes of at least 4 members (excludes halogenated alkanes) is 28. The molecule has 0 saturated carbocycles. The zero-order chi connectivity index (χ0) is 57.5. The van der Waals surface area contributed by atoms with Crippen molar-refractivity contribution >= 4 is 11.9 Å². The summed E-state index contributed by atoms with van der Waals surface area (Å²) in [5, 5.41) is 57.1. The number of aliphatic hydroxyl groups excluding tert-OH is 5. The molecule has 6 N–H and O–H groups in total. The Morgan fingerprint density at radius 3 is 1.33 bits per heavy atom. The fourth-order valence-electron chi connectivity index (χ4n) is 9.61. The quantitative estimate of drug-likeness (QED) is 0.0195. The van der Waals surface area contributed by atoms with Crippen molar-refractivity contribution in [3.05, 3.63) is 85.1 Å². The molecule has 0 aliphatic carbocycles. The summed E-state index contributed by atoms with van der Waals surface area (Å²) in [5.41, 5.74) is 0. The Morgan fingerprint density at radius 2 is 0.873 bits per heavy atom. The van der Waals surface area contributed by atoms with Crippen LogP contribution in [0.2, 0.25) is 0 Å². The Bertz CT molecular complexity index is 1610. The summed E-state index contributed by atoms with van der Waals surface area (Å²) in [6.07, 6.45) is 61.8. The van der Waals surface area contributed by atoms with E-state index < -0.39 is 67.4 Å². The number of ether oxygens (including phenoxy) is 3. The minimum absolute atomic E-state index is 0.0982. The molecule has 11 heteroatoms. The Labute approximate surface area is 483 Å². The second-order valence-electron chi connectivity index (χ2n) is 22.1. The van der Waals surface area contributed by atoms with Gasteiger partial charge in [0.1, 0.15) is 24.4 Å². The van der Waals surface area contributed by atoms with E-state index in [9.17, 15) is 35.1 Å². The summed E-state index contributed by atoms with van der Waals surface area (Å²) in [6, 6.07) is -1.04. The van der Waals surface area contributed by atoms with Gasteiger partial charge in [-0.3, -0.25) is 9.59 Å². The van der Waals surface area contributed by atoms with Crippen LogP contribution in [0.1, 0.15) is 271 Å². The van der Waals surface area contributed by atoms with Crippen LogP contribution in [0.25, 0.3) is 0 Å². The molecule has 456 valence electrons. The van der Waals surface area contributed by atoms with E-state index in [1.165, 1.54) is 109 Å². The highest BCUT2D eigenvalue weighted by molar-refractivity contribution is 5.80. The van der Waals surface area contributed by atoms with Crippen molar-refractivity contribution < 1.29 is 49.3 Å². The molecule has 1 aliphatic rings. The van der Waals surface area contributed by atoms with Gasteiger partial charge in [0.2, 0.25) is 5.91 Å². The third-order valence-corrected chi connectivity index (χ3v) is 14.8. The van der Waals surface area contributed by atoms with Gasteiger partial charge in [0.25, 0.3) is 0 Å². The average molecular weight is 1110 g/mol. The van der Waals surface area contributed by atoms with E-state index in [2.05, 4.69) is 99.0 Å². The van der Waals surface area contributed by atoms with Crippen molar-refractivity contribution in [2.24, 2.45) is 0 Å². The highest BCUT2D eigenvalue weighted by Crippen LogP contribution is 2.26. The molecule has 0 spiro atoms. The number of nitrogens with one attached hydrogen (secondary N) is 1. The molecule has 0 aromatic carbocycles. The molecule has 79 heavy (non-hydrogen) atoms. The largest absolute Gasteiger partial charge is 0.454 e. The van der Waals surface area contributed by atoms with Gasteiger partial charge < -0.3 is 45.1 Å². The predicted octanol–water partition coefficient (Wildman–Crippen LogP) is 15.7. The molecular weight excluding hydrogens is 991 g/mol. The summed E-state index contributed by atoms with van der Waals surface area (Å²) < 4.78 is 17.6. The van der Waals surface area contributed by atoms with Crippen LogP contribution < -0.4 is 5.32 Å². The van der Waals surface area contributed by atoms with E-state index in [4.69, 9.17) is 14.2 Å². The number of amides is 1. The van der Waals surface area contributed by atoms with Crippen LogP contribution >= 0.6 is 0 Å². The molecule has 11 nitrogen and oxygen atoms in total. The molecule has 0 aromatic heterocycles. The number of carbonyl (C=O) groups excluding carboxylic acids is 2. The molecular formula is C68H119NO10. The lowest BCUT2D eigenvalue weighted by molar-refractivity contribution is -0.305. The number of hydrogen-bond acceptors (Lipinski definition) is 10. The normalized spacial score (nSPS) is 19.4. The van der Waals surface area contributed by atoms with Crippen LogP contribution in [0, 0.1) is 0 Å². The van der Waals surface area contributed by atoms with Gasteiger partial charge in [-0.25, -0.2) is 0 Å². The standard InChI is InChI=1S/C68H119NO10/c1-4-7-10-13-16-19-22-25-27-29-30-31-32-33-35-38-41-44-47-50-53-56-63(73)79-66-65(75)64(74)62(57-70)78-68(66)77-58-59(60(71)54-51-48-45-42-39-36-24-21-18-15-12-9-6-3)69-67(76)61(72)55-52-49-46-43-40-37-34-28-26-23-20-17-14-11-8-5-2/h16-17,19-20,25-28,30-31,33,35,51,54,59-62,64-66,68,70-72,74-75H,4-15,18,21-24,29,32,34,36-50,52-53,55-58H2,1-3H3,(H,69,76)/b19-16-,20-17-,27-25-,28-26-,31-30-,35-33-,54-51+. The lowest BCUT2D eigenvalue weighted by atomic mass is 9.99. The fourth-order valence-corrected chi connectivity index (χ4v) is 9.61. The molecule has 0 aromatic rings. The second-order valence-corrected chi connectivity index (χ2v) is 22.1. The first-order valence-corrected chi connectivity index (χ1v) is 32.4. The van der Waals surface area contributed by atoms with Gasteiger partial charge in [0.05, 0.1) is 25.4 Å². The fraction of sp³-hybridized carbons (Fsp3) is 0.765. The molecule has 1 fully saturated rings. The zero-order valence-corrected chi connectivity index (χ0v) is 50.5. The highest BCUT2D eigenvalue weighted by Gasteiger charge is 2.47. The zero-order valence-electron chi connectivity index (χ0n) is 50.5. The van der Waals surface area contributed by atoms with Crippen molar-refractivity contribution in [2.75, 3.05) is 13.2 Å². The van der Waals surface area contributed by atoms with E-state index in [-0.39, 0.29) is 19.4 Å². The van der Waals surface area contributed by atoms with Crippen molar-refractivity contribution in [1.29, 1.82) is 0 Å². The maximum absolute atomic E-state index is 13.4.